The molecule has 1 saturated heterocycles. The van der Waals surface area contributed by atoms with Gasteiger partial charge in [-0.2, -0.15) is 0 Å². The number of rotatable bonds is 3. The van der Waals surface area contributed by atoms with Crippen LogP contribution in [0.25, 0.3) is 0 Å². The minimum atomic E-state index is -0.867. The van der Waals surface area contributed by atoms with Crippen molar-refractivity contribution in [2.24, 2.45) is 0 Å². The summed E-state index contributed by atoms with van der Waals surface area (Å²) in [6.07, 6.45) is 0.391. The van der Waals surface area contributed by atoms with Gasteiger partial charge in [0, 0.05) is 13.0 Å². The van der Waals surface area contributed by atoms with Gasteiger partial charge in [0.25, 0.3) is 0 Å². The number of amides is 2. The summed E-state index contributed by atoms with van der Waals surface area (Å²) < 4.78 is 10.3. The molecule has 0 bridgehead atoms. The van der Waals surface area contributed by atoms with Gasteiger partial charge in [-0.15, -0.1) is 0 Å². The first-order valence-corrected chi connectivity index (χ1v) is 7.52. The Morgan fingerprint density at radius 3 is 2.83 bits per heavy atom. The molecule has 1 aromatic carbocycles. The van der Waals surface area contributed by atoms with Crippen molar-refractivity contribution in [1.82, 2.24) is 4.90 Å². The van der Waals surface area contributed by atoms with Crippen molar-refractivity contribution in [3.63, 3.8) is 0 Å². The van der Waals surface area contributed by atoms with Gasteiger partial charge >= 0.3 is 5.97 Å². The predicted molar refractivity (Wildman–Crippen MR) is 81.0 cm³/mol. The third-order valence-corrected chi connectivity index (χ3v) is 4.04. The fourth-order valence-corrected chi connectivity index (χ4v) is 2.84. The summed E-state index contributed by atoms with van der Waals surface area (Å²) in [5.74, 6) is -0.320. The zero-order chi connectivity index (χ0) is 16.4. The van der Waals surface area contributed by atoms with Gasteiger partial charge in [-0.05, 0) is 18.6 Å². The molecule has 7 nitrogen and oxygen atoms in total. The van der Waals surface area contributed by atoms with Gasteiger partial charge in [-0.3, -0.25) is 9.59 Å². The molecule has 1 fully saturated rings. The Morgan fingerprint density at radius 2 is 2.13 bits per heavy atom. The number of fused-ring (bicyclic) bond motifs is 1. The van der Waals surface area contributed by atoms with Gasteiger partial charge in [0.15, 0.2) is 0 Å². The first-order chi connectivity index (χ1) is 11.1. The second kappa shape index (κ2) is 6.28. The number of benzene rings is 1. The molecule has 23 heavy (non-hydrogen) atoms. The maximum Gasteiger partial charge on any atom is 0.348 e. The number of nitrogens with zero attached hydrogens (tertiary/aromatic N) is 2. The minimum absolute atomic E-state index is 0.00980. The number of esters is 1. The summed E-state index contributed by atoms with van der Waals surface area (Å²) in [6, 6.07) is 7.02. The average molecular weight is 318 g/mol. The maximum atomic E-state index is 12.6. The van der Waals surface area contributed by atoms with E-state index in [1.807, 2.05) is 0 Å². The molecular formula is C16H18N2O5. The Bertz CT molecular complexity index is 645. The summed E-state index contributed by atoms with van der Waals surface area (Å²) in [6.45, 7) is 0.683. The molecule has 1 unspecified atom stereocenters. The van der Waals surface area contributed by atoms with Crippen LogP contribution in [0.4, 0.5) is 5.69 Å². The zero-order valence-corrected chi connectivity index (χ0v) is 12.9. The first kappa shape index (κ1) is 15.3. The van der Waals surface area contributed by atoms with E-state index >= 15 is 0 Å². The highest BCUT2D eigenvalue weighted by molar-refractivity contribution is 5.99. The van der Waals surface area contributed by atoms with Crippen molar-refractivity contribution in [2.45, 2.75) is 18.9 Å². The van der Waals surface area contributed by atoms with E-state index in [0.717, 1.165) is 6.42 Å². The SMILES string of the molecule is COC(=O)C1CN(C(=O)CN2CCCC2=O)c2ccccc2O1. The number of carbonyl (C=O) groups is 3. The lowest BCUT2D eigenvalue weighted by molar-refractivity contribution is -0.148. The van der Waals surface area contributed by atoms with Crippen LogP contribution in [0.2, 0.25) is 0 Å². The molecule has 0 saturated carbocycles. The Kier molecular flexibility index (Phi) is 4.18. The van der Waals surface area contributed by atoms with Crippen molar-refractivity contribution in [3.8, 4) is 5.75 Å². The number of likely N-dealkylation sites (tertiary alicyclic amines) is 1. The smallest absolute Gasteiger partial charge is 0.348 e. The van der Waals surface area contributed by atoms with Crippen molar-refractivity contribution < 1.29 is 23.9 Å². The van der Waals surface area contributed by atoms with E-state index < -0.39 is 12.1 Å². The summed E-state index contributed by atoms with van der Waals surface area (Å²) in [4.78, 5) is 39.2. The Labute approximate surface area is 133 Å². The largest absolute Gasteiger partial charge is 0.475 e. The predicted octanol–water partition coefficient (Wildman–Crippen LogP) is 0.576. The summed E-state index contributed by atoms with van der Waals surface area (Å²) in [7, 11) is 1.28. The lowest BCUT2D eigenvalue weighted by Crippen LogP contribution is -2.50. The lowest BCUT2D eigenvalue weighted by Gasteiger charge is -2.34. The summed E-state index contributed by atoms with van der Waals surface area (Å²) in [5.41, 5.74) is 0.601. The number of ether oxygens (including phenoxy) is 2. The molecule has 2 amide bonds. The lowest BCUT2D eigenvalue weighted by atomic mass is 10.2. The van der Waals surface area contributed by atoms with Crippen molar-refractivity contribution in [1.29, 1.82) is 0 Å². The molecular weight excluding hydrogens is 300 g/mol. The van der Waals surface area contributed by atoms with E-state index in [1.165, 1.54) is 12.0 Å². The topological polar surface area (TPSA) is 76.2 Å². The monoisotopic (exact) mass is 318 g/mol. The molecule has 1 aromatic rings. The third-order valence-electron chi connectivity index (χ3n) is 4.04. The van der Waals surface area contributed by atoms with Gasteiger partial charge in [0.2, 0.25) is 17.9 Å². The molecule has 0 aromatic heterocycles. The van der Waals surface area contributed by atoms with Crippen LogP contribution in [0.5, 0.6) is 5.75 Å². The van der Waals surface area contributed by atoms with Gasteiger partial charge in [-0.25, -0.2) is 4.79 Å². The molecule has 2 aliphatic rings. The van der Waals surface area contributed by atoms with E-state index in [2.05, 4.69) is 0 Å². The highest BCUT2D eigenvalue weighted by Crippen LogP contribution is 2.33. The van der Waals surface area contributed by atoms with Crippen molar-refractivity contribution in [3.05, 3.63) is 24.3 Å². The highest BCUT2D eigenvalue weighted by Gasteiger charge is 2.35. The number of anilines is 1. The van der Waals surface area contributed by atoms with Crippen LogP contribution in [0, 0.1) is 0 Å². The quantitative estimate of drug-likeness (QED) is 0.762. The van der Waals surface area contributed by atoms with Crippen LogP contribution in [0.3, 0.4) is 0 Å². The van der Waals surface area contributed by atoms with E-state index in [0.29, 0.717) is 24.4 Å². The number of hydrogen-bond acceptors (Lipinski definition) is 5. The molecule has 7 heteroatoms. The number of carbonyl (C=O) groups excluding carboxylic acids is 3. The molecule has 0 spiro atoms. The summed E-state index contributed by atoms with van der Waals surface area (Å²) >= 11 is 0. The van der Waals surface area contributed by atoms with Crippen molar-refractivity contribution in [2.75, 3.05) is 31.6 Å². The van der Waals surface area contributed by atoms with Gasteiger partial charge in [-0.1, -0.05) is 12.1 Å². The minimum Gasteiger partial charge on any atom is -0.475 e. The average Bonchev–Trinajstić information content (AvgIpc) is 2.97. The second-order valence-corrected chi connectivity index (χ2v) is 5.52. The second-order valence-electron chi connectivity index (χ2n) is 5.52. The third kappa shape index (κ3) is 2.99. The molecule has 1 atom stereocenters. The van der Waals surface area contributed by atoms with Crippen LogP contribution in [-0.4, -0.2) is 55.5 Å². The van der Waals surface area contributed by atoms with Crippen LogP contribution in [0.1, 0.15) is 12.8 Å². The van der Waals surface area contributed by atoms with Crippen LogP contribution in [-0.2, 0) is 19.1 Å². The number of para-hydroxylation sites is 2. The molecule has 2 aliphatic heterocycles. The highest BCUT2D eigenvalue weighted by atomic mass is 16.6. The van der Waals surface area contributed by atoms with E-state index in [4.69, 9.17) is 9.47 Å². The van der Waals surface area contributed by atoms with Gasteiger partial charge < -0.3 is 19.3 Å². The summed E-state index contributed by atoms with van der Waals surface area (Å²) in [5, 5.41) is 0. The number of methoxy groups -OCH3 is 1. The van der Waals surface area contributed by atoms with E-state index in [9.17, 15) is 14.4 Å². The molecule has 3 rings (SSSR count). The Balaban J connectivity index is 1.82. The fraction of sp³-hybridized carbons (Fsp3) is 0.438. The molecule has 0 radical (unpaired) electrons. The molecule has 0 aliphatic carbocycles. The van der Waals surface area contributed by atoms with Gasteiger partial charge in [0.1, 0.15) is 12.3 Å². The van der Waals surface area contributed by atoms with Crippen LogP contribution >= 0.6 is 0 Å². The van der Waals surface area contributed by atoms with Gasteiger partial charge in [0.05, 0.1) is 19.3 Å². The van der Waals surface area contributed by atoms with E-state index in [1.54, 1.807) is 29.2 Å². The number of hydrogen-bond donors (Lipinski definition) is 0. The van der Waals surface area contributed by atoms with Crippen molar-refractivity contribution >= 4 is 23.5 Å². The molecule has 2 heterocycles. The normalized spacial score (nSPS) is 20.0. The molecule has 0 N–H and O–H groups in total. The first-order valence-electron chi connectivity index (χ1n) is 7.52. The van der Waals surface area contributed by atoms with E-state index in [-0.39, 0.29) is 24.9 Å². The molecule has 122 valence electrons. The fourth-order valence-electron chi connectivity index (χ4n) is 2.84. The van der Waals surface area contributed by atoms with Crippen LogP contribution in [0.15, 0.2) is 24.3 Å². The zero-order valence-electron chi connectivity index (χ0n) is 12.9. The van der Waals surface area contributed by atoms with Crippen LogP contribution < -0.4 is 9.64 Å². The maximum absolute atomic E-state index is 12.6. The Hall–Kier alpha value is -2.57. The standard InChI is InChI=1S/C16H18N2O5/c1-22-16(21)13-9-18(11-5-2-3-6-12(11)23-13)15(20)10-17-8-4-7-14(17)19/h2-3,5-6,13H,4,7-10H2,1H3. The Morgan fingerprint density at radius 1 is 1.35 bits per heavy atom.